The van der Waals surface area contributed by atoms with Crippen LogP contribution in [0, 0.1) is 0 Å². The lowest BCUT2D eigenvalue weighted by molar-refractivity contribution is -0.123. The standard InChI is InChI=1S/C20H20N4O2/c1-2-16-8-10-19(11-9-16)26-15-20(25)23-21-12-17-13-22-24(14-17)18-6-4-3-5-7-18/h3-14H,2,15H2,1H3,(H,23,25)/b21-12-. The molecule has 1 amide bonds. The molecule has 0 aliphatic rings. The zero-order valence-electron chi connectivity index (χ0n) is 14.5. The molecular weight excluding hydrogens is 328 g/mol. The lowest BCUT2D eigenvalue weighted by Gasteiger charge is -2.05. The highest BCUT2D eigenvalue weighted by atomic mass is 16.5. The lowest BCUT2D eigenvalue weighted by Crippen LogP contribution is -2.24. The van der Waals surface area contributed by atoms with E-state index in [1.165, 1.54) is 5.56 Å². The molecule has 1 aromatic heterocycles. The first-order valence-corrected chi connectivity index (χ1v) is 8.38. The molecule has 0 aliphatic carbocycles. The van der Waals surface area contributed by atoms with Gasteiger partial charge < -0.3 is 4.74 Å². The molecule has 1 N–H and O–H groups in total. The Bertz CT molecular complexity index is 870. The summed E-state index contributed by atoms with van der Waals surface area (Å²) in [5, 5.41) is 8.19. The van der Waals surface area contributed by atoms with Crippen molar-refractivity contribution in [2.24, 2.45) is 5.10 Å². The van der Waals surface area contributed by atoms with Crippen LogP contribution in [0.3, 0.4) is 0 Å². The van der Waals surface area contributed by atoms with Crippen LogP contribution in [-0.4, -0.2) is 28.5 Å². The van der Waals surface area contributed by atoms with E-state index in [1.807, 2.05) is 60.8 Å². The van der Waals surface area contributed by atoms with E-state index in [0.717, 1.165) is 17.7 Å². The first kappa shape index (κ1) is 17.4. The molecular formula is C20H20N4O2. The van der Waals surface area contributed by atoms with Crippen LogP contribution in [0.1, 0.15) is 18.1 Å². The maximum Gasteiger partial charge on any atom is 0.277 e. The summed E-state index contributed by atoms with van der Waals surface area (Å²) in [6.45, 7) is 2.00. The van der Waals surface area contributed by atoms with Crippen LogP contribution in [-0.2, 0) is 11.2 Å². The van der Waals surface area contributed by atoms with E-state index in [-0.39, 0.29) is 12.5 Å². The van der Waals surface area contributed by atoms with Crippen molar-refractivity contribution >= 4 is 12.1 Å². The molecule has 6 heteroatoms. The second-order valence-corrected chi connectivity index (χ2v) is 5.63. The van der Waals surface area contributed by atoms with Gasteiger partial charge in [-0.2, -0.15) is 10.2 Å². The average Bonchev–Trinajstić information content (AvgIpc) is 3.16. The van der Waals surface area contributed by atoms with Crippen molar-refractivity contribution < 1.29 is 9.53 Å². The molecule has 0 saturated heterocycles. The van der Waals surface area contributed by atoms with Crippen molar-refractivity contribution in [2.75, 3.05) is 6.61 Å². The van der Waals surface area contributed by atoms with Gasteiger partial charge in [0.05, 0.1) is 18.1 Å². The summed E-state index contributed by atoms with van der Waals surface area (Å²) in [7, 11) is 0. The Kier molecular flexibility index (Phi) is 5.77. The summed E-state index contributed by atoms with van der Waals surface area (Å²) in [6.07, 6.45) is 6.02. The highest BCUT2D eigenvalue weighted by Crippen LogP contribution is 2.12. The van der Waals surface area contributed by atoms with Crippen molar-refractivity contribution in [1.29, 1.82) is 0 Å². The number of ether oxygens (including phenoxy) is 1. The van der Waals surface area contributed by atoms with Gasteiger partial charge in [-0.1, -0.05) is 37.3 Å². The predicted octanol–water partition coefficient (Wildman–Crippen LogP) is 2.96. The molecule has 132 valence electrons. The van der Waals surface area contributed by atoms with Crippen LogP contribution in [0.25, 0.3) is 5.69 Å². The van der Waals surface area contributed by atoms with Crippen molar-refractivity contribution in [1.82, 2.24) is 15.2 Å². The van der Waals surface area contributed by atoms with Crippen LogP contribution in [0.5, 0.6) is 5.75 Å². The van der Waals surface area contributed by atoms with Crippen molar-refractivity contribution in [3.05, 3.63) is 78.1 Å². The number of aromatic nitrogens is 2. The van der Waals surface area contributed by atoms with E-state index >= 15 is 0 Å². The molecule has 0 bridgehead atoms. The molecule has 3 aromatic rings. The summed E-state index contributed by atoms with van der Waals surface area (Å²) in [4.78, 5) is 11.8. The number of amides is 1. The zero-order chi connectivity index (χ0) is 18.2. The minimum absolute atomic E-state index is 0.0912. The Hall–Kier alpha value is -3.41. The summed E-state index contributed by atoms with van der Waals surface area (Å²) in [5.74, 6) is 0.335. The third-order valence-electron chi connectivity index (χ3n) is 3.73. The highest BCUT2D eigenvalue weighted by Gasteiger charge is 2.02. The Morgan fingerprint density at radius 2 is 1.96 bits per heavy atom. The van der Waals surface area contributed by atoms with E-state index in [4.69, 9.17) is 4.74 Å². The third kappa shape index (κ3) is 4.80. The normalized spacial score (nSPS) is 10.8. The van der Waals surface area contributed by atoms with Crippen LogP contribution in [0.4, 0.5) is 0 Å². The topological polar surface area (TPSA) is 68.5 Å². The van der Waals surface area contributed by atoms with Gasteiger partial charge >= 0.3 is 0 Å². The van der Waals surface area contributed by atoms with Gasteiger partial charge in [0.25, 0.3) is 5.91 Å². The molecule has 1 heterocycles. The average molecular weight is 348 g/mol. The molecule has 0 unspecified atom stereocenters. The summed E-state index contributed by atoms with van der Waals surface area (Å²) < 4.78 is 7.17. The van der Waals surface area contributed by atoms with E-state index < -0.39 is 0 Å². The van der Waals surface area contributed by atoms with E-state index in [1.54, 1.807) is 17.1 Å². The number of hydrazone groups is 1. The van der Waals surface area contributed by atoms with Crippen LogP contribution in [0.15, 0.2) is 72.1 Å². The fraction of sp³-hybridized carbons (Fsp3) is 0.150. The second kappa shape index (κ2) is 8.62. The first-order chi connectivity index (χ1) is 12.7. The fourth-order valence-corrected chi connectivity index (χ4v) is 2.31. The number of hydrogen-bond donors (Lipinski definition) is 1. The highest BCUT2D eigenvalue weighted by molar-refractivity contribution is 5.82. The van der Waals surface area contributed by atoms with E-state index in [9.17, 15) is 4.79 Å². The van der Waals surface area contributed by atoms with Crippen molar-refractivity contribution in [3.63, 3.8) is 0 Å². The van der Waals surface area contributed by atoms with Gasteiger partial charge in [0.1, 0.15) is 5.75 Å². The summed E-state index contributed by atoms with van der Waals surface area (Å²) in [5.41, 5.74) is 5.41. The van der Waals surface area contributed by atoms with Gasteiger partial charge in [-0.15, -0.1) is 0 Å². The number of nitrogens with one attached hydrogen (secondary N) is 1. The number of nitrogens with zero attached hydrogens (tertiary/aromatic N) is 3. The van der Waals surface area contributed by atoms with E-state index in [2.05, 4.69) is 22.5 Å². The monoisotopic (exact) mass is 348 g/mol. The first-order valence-electron chi connectivity index (χ1n) is 8.38. The van der Waals surface area contributed by atoms with Gasteiger partial charge in [0, 0.05) is 11.8 Å². The second-order valence-electron chi connectivity index (χ2n) is 5.63. The van der Waals surface area contributed by atoms with Crippen molar-refractivity contribution in [3.8, 4) is 11.4 Å². The van der Waals surface area contributed by atoms with Gasteiger partial charge in [-0.25, -0.2) is 10.1 Å². The molecule has 6 nitrogen and oxygen atoms in total. The summed E-state index contributed by atoms with van der Waals surface area (Å²) in [6, 6.07) is 17.4. The zero-order valence-corrected chi connectivity index (χ0v) is 14.5. The van der Waals surface area contributed by atoms with Crippen LogP contribution in [0.2, 0.25) is 0 Å². The minimum atomic E-state index is -0.323. The molecule has 26 heavy (non-hydrogen) atoms. The van der Waals surface area contributed by atoms with Crippen LogP contribution >= 0.6 is 0 Å². The molecule has 0 saturated carbocycles. The number of aryl methyl sites for hydroxylation is 1. The number of rotatable bonds is 7. The quantitative estimate of drug-likeness (QED) is 0.527. The number of para-hydroxylation sites is 1. The van der Waals surface area contributed by atoms with Gasteiger partial charge in [0.15, 0.2) is 6.61 Å². The molecule has 0 radical (unpaired) electrons. The van der Waals surface area contributed by atoms with Gasteiger partial charge in [-0.3, -0.25) is 4.79 Å². The number of carbonyl (C=O) groups is 1. The molecule has 0 atom stereocenters. The Balaban J connectivity index is 1.47. The number of benzene rings is 2. The van der Waals surface area contributed by atoms with Gasteiger partial charge in [-0.05, 0) is 36.2 Å². The molecule has 0 spiro atoms. The molecule has 0 fully saturated rings. The number of carbonyl (C=O) groups excluding carboxylic acids is 1. The molecule has 3 rings (SSSR count). The SMILES string of the molecule is CCc1ccc(OCC(=O)N/N=C\c2cnn(-c3ccccc3)c2)cc1. The summed E-state index contributed by atoms with van der Waals surface area (Å²) >= 11 is 0. The Morgan fingerprint density at radius 3 is 2.69 bits per heavy atom. The van der Waals surface area contributed by atoms with Crippen molar-refractivity contribution in [2.45, 2.75) is 13.3 Å². The largest absolute Gasteiger partial charge is 0.484 e. The molecule has 0 aliphatic heterocycles. The smallest absolute Gasteiger partial charge is 0.277 e. The third-order valence-corrected chi connectivity index (χ3v) is 3.73. The lowest BCUT2D eigenvalue weighted by atomic mass is 10.2. The maximum absolute atomic E-state index is 11.8. The fourth-order valence-electron chi connectivity index (χ4n) is 2.31. The minimum Gasteiger partial charge on any atom is -0.484 e. The number of hydrogen-bond acceptors (Lipinski definition) is 4. The Morgan fingerprint density at radius 1 is 1.19 bits per heavy atom. The Labute approximate surface area is 152 Å². The van der Waals surface area contributed by atoms with E-state index in [0.29, 0.717) is 5.75 Å². The van der Waals surface area contributed by atoms with Crippen LogP contribution < -0.4 is 10.2 Å². The maximum atomic E-state index is 11.8. The predicted molar refractivity (Wildman–Crippen MR) is 101 cm³/mol. The van der Waals surface area contributed by atoms with Gasteiger partial charge in [0.2, 0.25) is 0 Å². The molecule has 2 aromatic carbocycles.